The molecule has 0 aliphatic carbocycles. The van der Waals surface area contributed by atoms with Crippen LogP contribution in [0.1, 0.15) is 12.5 Å². The predicted octanol–water partition coefficient (Wildman–Crippen LogP) is 4.20. The molecule has 0 radical (unpaired) electrons. The normalized spacial score (nSPS) is 21.2. The summed E-state index contributed by atoms with van der Waals surface area (Å²) in [6, 6.07) is 15.8. The van der Waals surface area contributed by atoms with Crippen LogP contribution in [0.25, 0.3) is 5.70 Å². The zero-order chi connectivity index (χ0) is 24.2. The van der Waals surface area contributed by atoms with E-state index < -0.39 is 0 Å². The van der Waals surface area contributed by atoms with Crippen molar-refractivity contribution in [3.63, 3.8) is 0 Å². The van der Waals surface area contributed by atoms with Gasteiger partial charge in [0.2, 0.25) is 5.91 Å². The molecule has 0 bridgehead atoms. The molecule has 4 rings (SSSR count). The number of hydrogen-bond acceptors (Lipinski definition) is 5. The van der Waals surface area contributed by atoms with Crippen LogP contribution in [0.3, 0.4) is 0 Å². The van der Waals surface area contributed by atoms with Crippen molar-refractivity contribution in [1.29, 1.82) is 0 Å². The van der Waals surface area contributed by atoms with E-state index in [0.717, 1.165) is 55.4 Å². The van der Waals surface area contributed by atoms with Crippen molar-refractivity contribution in [3.8, 4) is 0 Å². The molecule has 0 spiro atoms. The summed E-state index contributed by atoms with van der Waals surface area (Å²) < 4.78 is 5.76. The van der Waals surface area contributed by atoms with E-state index in [4.69, 9.17) is 27.9 Å². The molecule has 2 unspecified atom stereocenters. The van der Waals surface area contributed by atoms with Crippen molar-refractivity contribution in [1.82, 2.24) is 15.1 Å². The van der Waals surface area contributed by atoms with Gasteiger partial charge < -0.3 is 19.9 Å². The summed E-state index contributed by atoms with van der Waals surface area (Å²) in [5.74, 6) is 0.393. The Kier molecular flexibility index (Phi) is 7.91. The maximum absolute atomic E-state index is 13.2. The maximum Gasteiger partial charge on any atom is 0.232 e. The third kappa shape index (κ3) is 4.99. The quantitative estimate of drug-likeness (QED) is 0.614. The molecule has 2 aromatic carbocycles. The van der Waals surface area contributed by atoms with Crippen LogP contribution in [0.4, 0.5) is 5.69 Å². The lowest BCUT2D eigenvalue weighted by Gasteiger charge is -2.36. The number of halogens is 2. The van der Waals surface area contributed by atoms with Gasteiger partial charge in [0.15, 0.2) is 0 Å². The Balaban J connectivity index is 1.32. The van der Waals surface area contributed by atoms with Crippen molar-refractivity contribution in [2.45, 2.75) is 13.0 Å². The monoisotopic (exact) mass is 502 g/mol. The molecule has 1 fully saturated rings. The van der Waals surface area contributed by atoms with Gasteiger partial charge in [-0.2, -0.15) is 0 Å². The SMILES string of the molecule is COC1=C(c2ccccc2)N(C)C(C)C1C(=O)NCCN1CCN(c2cccc(Cl)c2Cl)CC1. The minimum Gasteiger partial charge on any atom is -0.498 e. The fraction of sp³-hybridized carbons (Fsp3) is 0.423. The second-order valence-electron chi connectivity index (χ2n) is 8.80. The number of carbonyl (C=O) groups excluding carboxylic acids is 1. The van der Waals surface area contributed by atoms with E-state index in [2.05, 4.69) is 26.9 Å². The van der Waals surface area contributed by atoms with E-state index in [1.807, 2.05) is 55.6 Å². The first-order chi connectivity index (χ1) is 16.4. The van der Waals surface area contributed by atoms with E-state index in [1.165, 1.54) is 0 Å². The summed E-state index contributed by atoms with van der Waals surface area (Å²) in [5, 5.41) is 4.33. The zero-order valence-electron chi connectivity index (χ0n) is 19.9. The molecule has 182 valence electrons. The first kappa shape index (κ1) is 24.7. The molecule has 34 heavy (non-hydrogen) atoms. The lowest BCUT2D eigenvalue weighted by Crippen LogP contribution is -2.49. The highest BCUT2D eigenvalue weighted by molar-refractivity contribution is 6.43. The van der Waals surface area contributed by atoms with Gasteiger partial charge in [-0.1, -0.05) is 59.6 Å². The Labute approximate surface area is 212 Å². The van der Waals surface area contributed by atoms with Crippen LogP contribution in [0.2, 0.25) is 10.0 Å². The molecule has 2 heterocycles. The number of hydrogen-bond donors (Lipinski definition) is 1. The average molecular weight is 503 g/mol. The molecule has 1 N–H and O–H groups in total. The molecule has 2 aliphatic heterocycles. The molecule has 2 atom stereocenters. The summed E-state index contributed by atoms with van der Waals surface area (Å²) in [4.78, 5) is 20.0. The second kappa shape index (κ2) is 10.9. The number of benzene rings is 2. The van der Waals surface area contributed by atoms with Gasteiger partial charge in [0.1, 0.15) is 11.7 Å². The predicted molar refractivity (Wildman–Crippen MR) is 139 cm³/mol. The van der Waals surface area contributed by atoms with E-state index in [1.54, 1.807) is 7.11 Å². The summed E-state index contributed by atoms with van der Waals surface area (Å²) in [5.41, 5.74) is 3.02. The second-order valence-corrected chi connectivity index (χ2v) is 9.59. The first-order valence-corrected chi connectivity index (χ1v) is 12.4. The molecule has 0 aromatic heterocycles. The number of piperazine rings is 1. The van der Waals surface area contributed by atoms with Gasteiger partial charge in [-0.05, 0) is 19.1 Å². The summed E-state index contributed by atoms with van der Waals surface area (Å²) in [6.45, 7) is 7.02. The van der Waals surface area contributed by atoms with Gasteiger partial charge in [-0.15, -0.1) is 0 Å². The lowest BCUT2D eigenvalue weighted by atomic mass is 10.00. The Morgan fingerprint density at radius 1 is 1.06 bits per heavy atom. The van der Waals surface area contributed by atoms with Crippen LogP contribution in [-0.4, -0.2) is 75.2 Å². The Hall–Kier alpha value is -2.41. The fourth-order valence-corrected chi connectivity index (χ4v) is 5.28. The molecule has 2 aliphatic rings. The maximum atomic E-state index is 13.2. The lowest BCUT2D eigenvalue weighted by molar-refractivity contribution is -0.125. The Morgan fingerprint density at radius 3 is 2.44 bits per heavy atom. The van der Waals surface area contributed by atoms with Gasteiger partial charge in [0.25, 0.3) is 0 Å². The van der Waals surface area contributed by atoms with Gasteiger partial charge >= 0.3 is 0 Å². The molecule has 1 saturated heterocycles. The molecule has 6 nitrogen and oxygen atoms in total. The molecule has 8 heteroatoms. The van der Waals surface area contributed by atoms with Gasteiger partial charge in [0.05, 0.1) is 28.5 Å². The number of carbonyl (C=O) groups is 1. The number of nitrogens with one attached hydrogen (secondary N) is 1. The van der Waals surface area contributed by atoms with Crippen LogP contribution in [0.15, 0.2) is 54.3 Å². The minimum absolute atomic E-state index is 0.00600. The fourth-order valence-electron chi connectivity index (χ4n) is 4.87. The molecule has 1 amide bonds. The smallest absolute Gasteiger partial charge is 0.232 e. The zero-order valence-corrected chi connectivity index (χ0v) is 21.4. The van der Waals surface area contributed by atoms with Gasteiger partial charge in [-0.25, -0.2) is 0 Å². The Bertz CT molecular complexity index is 1040. The van der Waals surface area contributed by atoms with Gasteiger partial charge in [-0.3, -0.25) is 9.69 Å². The third-order valence-corrected chi connectivity index (χ3v) is 7.69. The highest BCUT2D eigenvalue weighted by atomic mass is 35.5. The number of amides is 1. The topological polar surface area (TPSA) is 48.1 Å². The van der Waals surface area contributed by atoms with E-state index in [9.17, 15) is 4.79 Å². The van der Waals surface area contributed by atoms with E-state index in [0.29, 0.717) is 16.6 Å². The molecular formula is C26H32Cl2N4O2. The number of nitrogens with zero attached hydrogens (tertiary/aromatic N) is 3. The highest BCUT2D eigenvalue weighted by Crippen LogP contribution is 2.39. The summed E-state index contributed by atoms with van der Waals surface area (Å²) in [7, 11) is 3.67. The van der Waals surface area contributed by atoms with Crippen molar-refractivity contribution in [2.24, 2.45) is 5.92 Å². The summed E-state index contributed by atoms with van der Waals surface area (Å²) >= 11 is 12.6. The van der Waals surface area contributed by atoms with E-state index >= 15 is 0 Å². The Morgan fingerprint density at radius 2 is 1.76 bits per heavy atom. The average Bonchev–Trinajstić information content (AvgIpc) is 3.11. The van der Waals surface area contributed by atoms with Crippen LogP contribution < -0.4 is 10.2 Å². The van der Waals surface area contributed by atoms with Crippen LogP contribution >= 0.6 is 23.2 Å². The van der Waals surface area contributed by atoms with Crippen LogP contribution in [-0.2, 0) is 9.53 Å². The number of anilines is 1. The first-order valence-electron chi connectivity index (χ1n) is 11.7. The van der Waals surface area contributed by atoms with Crippen molar-refractivity contribution in [3.05, 3.63) is 69.9 Å². The number of methoxy groups -OCH3 is 1. The molecular weight excluding hydrogens is 471 g/mol. The van der Waals surface area contributed by atoms with Crippen molar-refractivity contribution >= 4 is 40.5 Å². The largest absolute Gasteiger partial charge is 0.498 e. The third-order valence-electron chi connectivity index (χ3n) is 6.88. The van der Waals surface area contributed by atoms with E-state index in [-0.39, 0.29) is 17.9 Å². The van der Waals surface area contributed by atoms with Crippen molar-refractivity contribution in [2.75, 3.05) is 58.3 Å². The number of rotatable bonds is 7. The summed E-state index contributed by atoms with van der Waals surface area (Å²) in [6.07, 6.45) is 0. The van der Waals surface area contributed by atoms with Crippen LogP contribution in [0, 0.1) is 5.92 Å². The van der Waals surface area contributed by atoms with Crippen molar-refractivity contribution < 1.29 is 9.53 Å². The van der Waals surface area contributed by atoms with Crippen LogP contribution in [0.5, 0.6) is 0 Å². The molecule has 2 aromatic rings. The molecule has 0 saturated carbocycles. The minimum atomic E-state index is -0.341. The number of ether oxygens (including phenoxy) is 1. The standard InChI is InChI=1S/C26H32Cl2N4O2/c1-18-22(25(34-3)24(30(18)2)19-8-5-4-6-9-19)26(33)29-12-13-31-14-16-32(17-15-31)21-11-7-10-20(27)23(21)28/h4-11,18,22H,12-17H2,1-3H3,(H,29,33). The van der Waals surface area contributed by atoms with Gasteiger partial charge in [0, 0.05) is 57.9 Å². The highest BCUT2D eigenvalue weighted by Gasteiger charge is 2.42.